The first-order valence-corrected chi connectivity index (χ1v) is 8.27. The molecular formula is C17H16ClN3OS. The summed E-state index contributed by atoms with van der Waals surface area (Å²) in [6.07, 6.45) is 5.80. The molecule has 3 aromatic rings. The van der Waals surface area contributed by atoms with E-state index >= 15 is 0 Å². The van der Waals surface area contributed by atoms with Crippen molar-refractivity contribution >= 4 is 39.7 Å². The zero-order valence-electron chi connectivity index (χ0n) is 13.5. The highest BCUT2D eigenvalue weighted by molar-refractivity contribution is 7.09. The normalized spacial score (nSPS) is 14.3. The number of thiophene rings is 1. The number of anilines is 1. The second-order valence-electron chi connectivity index (χ2n) is 5.17. The molecule has 0 spiro atoms. The van der Waals surface area contributed by atoms with E-state index in [1.807, 2.05) is 17.5 Å². The predicted octanol–water partition coefficient (Wildman–Crippen LogP) is 4.03. The van der Waals surface area contributed by atoms with Gasteiger partial charge < -0.3 is 15.5 Å². The Hall–Kier alpha value is -2.00. The molecule has 6 heteroatoms. The van der Waals surface area contributed by atoms with Crippen molar-refractivity contribution in [1.82, 2.24) is 4.98 Å². The third kappa shape index (κ3) is 3.35. The van der Waals surface area contributed by atoms with Crippen LogP contribution >= 0.6 is 22.9 Å². The molecule has 0 unspecified atom stereocenters. The third-order valence-corrected chi connectivity index (χ3v) is 4.37. The lowest BCUT2D eigenvalue weighted by Crippen LogP contribution is -2.17. The van der Waals surface area contributed by atoms with E-state index in [9.17, 15) is 0 Å². The Balaban J connectivity index is 2.04. The van der Waals surface area contributed by atoms with Crippen LogP contribution in [0.2, 0.25) is 5.15 Å². The summed E-state index contributed by atoms with van der Waals surface area (Å²) in [5.41, 5.74) is 8.03. The van der Waals surface area contributed by atoms with E-state index in [1.54, 1.807) is 24.3 Å². The lowest BCUT2D eigenvalue weighted by molar-refractivity contribution is 0.524. The molecule has 3 N–H and O–H groups in total. The van der Waals surface area contributed by atoms with Crippen LogP contribution in [0, 0.1) is 12.3 Å². The molecule has 0 aromatic carbocycles. The quantitative estimate of drug-likeness (QED) is 0.541. The van der Waals surface area contributed by atoms with E-state index in [-0.39, 0.29) is 6.42 Å². The number of nitrogens with one attached hydrogen (secondary N) is 1. The van der Waals surface area contributed by atoms with Gasteiger partial charge in [-0.2, -0.15) is 0 Å². The molecule has 3 rings (SSSR count). The van der Waals surface area contributed by atoms with Gasteiger partial charge in [0.15, 0.2) is 5.58 Å². The number of halogens is 1. The molecule has 4 nitrogen and oxygen atoms in total. The highest BCUT2D eigenvalue weighted by Crippen LogP contribution is 2.32. The summed E-state index contributed by atoms with van der Waals surface area (Å²) in [5.74, 6) is 3.06. The fourth-order valence-electron chi connectivity index (χ4n) is 2.33. The van der Waals surface area contributed by atoms with Crippen LogP contribution in [0.1, 0.15) is 24.5 Å². The Bertz CT molecular complexity index is 907. The number of nitrogens with zero attached hydrogens (tertiary/aromatic N) is 1. The van der Waals surface area contributed by atoms with Crippen molar-refractivity contribution in [1.29, 1.82) is 0 Å². The van der Waals surface area contributed by atoms with Gasteiger partial charge in [0.2, 0.25) is 0 Å². The molecule has 3 heterocycles. The molecule has 118 valence electrons. The second kappa shape index (κ2) is 6.63. The molecule has 3 aromatic heterocycles. The smallest absolute Gasteiger partial charge is 0.177 e. The summed E-state index contributed by atoms with van der Waals surface area (Å²) in [5, 5.41) is 5.64. The third-order valence-electron chi connectivity index (χ3n) is 3.30. The minimum Gasteiger partial charge on any atom is -0.456 e. The minimum atomic E-state index is -1.19. The molecular weight excluding hydrogens is 330 g/mol. The molecule has 0 saturated carbocycles. The van der Waals surface area contributed by atoms with Gasteiger partial charge in [-0.15, -0.1) is 17.8 Å². The molecule has 0 aliphatic rings. The molecule has 0 bridgehead atoms. The lowest BCUT2D eigenvalue weighted by atomic mass is 10.1. The van der Waals surface area contributed by atoms with Gasteiger partial charge in [0.25, 0.3) is 0 Å². The lowest BCUT2D eigenvalue weighted by Gasteiger charge is -2.06. The van der Waals surface area contributed by atoms with Crippen molar-refractivity contribution < 1.29 is 5.79 Å². The maximum absolute atomic E-state index is 7.87. The first-order valence-electron chi connectivity index (χ1n) is 7.51. The topological polar surface area (TPSA) is 64.1 Å². The molecule has 0 aliphatic carbocycles. The van der Waals surface area contributed by atoms with Gasteiger partial charge >= 0.3 is 0 Å². The van der Waals surface area contributed by atoms with Crippen molar-refractivity contribution in [3.8, 4) is 12.3 Å². The number of rotatable bonds is 5. The van der Waals surface area contributed by atoms with E-state index in [0.29, 0.717) is 39.8 Å². The Morgan fingerprint density at radius 2 is 2.48 bits per heavy atom. The fourth-order valence-corrected chi connectivity index (χ4v) is 3.17. The molecule has 0 radical (unpaired) electrons. The van der Waals surface area contributed by atoms with E-state index in [1.165, 1.54) is 4.88 Å². The van der Waals surface area contributed by atoms with Crippen molar-refractivity contribution in [3.05, 3.63) is 44.9 Å². The van der Waals surface area contributed by atoms with Gasteiger partial charge in [0, 0.05) is 31.3 Å². The van der Waals surface area contributed by atoms with Gasteiger partial charge in [0.1, 0.15) is 16.4 Å². The zero-order valence-corrected chi connectivity index (χ0v) is 14.1. The van der Waals surface area contributed by atoms with Crippen LogP contribution in [0.4, 0.5) is 5.69 Å². The number of nitrogens with two attached hydrogens (primary N) is 1. The number of pyridine rings is 1. The fraction of sp³-hybridized carbons (Fsp3) is 0.235. The molecule has 23 heavy (non-hydrogen) atoms. The summed E-state index contributed by atoms with van der Waals surface area (Å²) in [4.78, 5) is 5.47. The highest BCUT2D eigenvalue weighted by Gasteiger charge is 2.19. The van der Waals surface area contributed by atoms with Gasteiger partial charge in [-0.25, -0.2) is 4.98 Å². The summed E-state index contributed by atoms with van der Waals surface area (Å²) in [6, 6.07) is 4.55. The van der Waals surface area contributed by atoms with E-state index in [0.717, 1.165) is 0 Å². The van der Waals surface area contributed by atoms with Crippen molar-refractivity contribution in [3.63, 3.8) is 0 Å². The first-order chi connectivity index (χ1) is 11.4. The standard InChI is InChI=1S/C17H16ClN3OS/c1-3-12-14(7-10(2)19)22-17-13(8-15(18)21-16(12)17)20-9-11-5-4-6-23-11/h1,4-6,8,10H,7,9,19H2,2H3,(H,20,21)/t10-/m0/s1/i10D. The number of aromatic nitrogens is 1. The summed E-state index contributed by atoms with van der Waals surface area (Å²) in [6.45, 7) is 2.23. The van der Waals surface area contributed by atoms with Gasteiger partial charge in [-0.05, 0) is 18.4 Å². The highest BCUT2D eigenvalue weighted by atomic mass is 35.5. The number of hydrogen-bond acceptors (Lipinski definition) is 5. The molecule has 0 amide bonds. The van der Waals surface area contributed by atoms with Crippen LogP contribution < -0.4 is 11.1 Å². The number of terminal acetylenes is 1. The zero-order chi connectivity index (χ0) is 17.3. The Morgan fingerprint density at radius 1 is 1.65 bits per heavy atom. The molecule has 0 aliphatic heterocycles. The Morgan fingerprint density at radius 3 is 3.13 bits per heavy atom. The van der Waals surface area contributed by atoms with E-state index in [2.05, 4.69) is 16.2 Å². The van der Waals surface area contributed by atoms with Crippen molar-refractivity contribution in [2.75, 3.05) is 5.32 Å². The van der Waals surface area contributed by atoms with Gasteiger partial charge in [0.05, 0.1) is 11.3 Å². The molecule has 0 saturated heterocycles. The monoisotopic (exact) mass is 346 g/mol. The average Bonchev–Trinajstić information content (AvgIpc) is 3.10. The number of furan rings is 1. The Kier molecular flexibility index (Phi) is 4.20. The van der Waals surface area contributed by atoms with Crippen LogP contribution in [0.15, 0.2) is 28.0 Å². The van der Waals surface area contributed by atoms with Crippen LogP contribution in [-0.4, -0.2) is 11.0 Å². The minimum absolute atomic E-state index is 0.185. The number of hydrogen-bond donors (Lipinski definition) is 2. The van der Waals surface area contributed by atoms with Gasteiger partial charge in [-0.3, -0.25) is 0 Å². The second-order valence-corrected chi connectivity index (χ2v) is 6.59. The van der Waals surface area contributed by atoms with Crippen LogP contribution in [0.5, 0.6) is 0 Å². The Labute approximate surface area is 145 Å². The summed E-state index contributed by atoms with van der Waals surface area (Å²) in [7, 11) is 0. The molecule has 1 atom stereocenters. The van der Waals surface area contributed by atoms with E-state index < -0.39 is 6.02 Å². The number of fused-ring (bicyclic) bond motifs is 1. The molecule has 0 fully saturated rings. The SMILES string of the molecule is [2H][C@@](C)(N)Cc1oc2c(NCc3cccs3)cc(Cl)nc2c1C#C. The predicted molar refractivity (Wildman–Crippen MR) is 96.0 cm³/mol. The summed E-state index contributed by atoms with van der Waals surface area (Å²) < 4.78 is 13.8. The largest absolute Gasteiger partial charge is 0.456 e. The average molecular weight is 347 g/mol. The first kappa shape index (κ1) is 14.6. The maximum atomic E-state index is 7.87. The maximum Gasteiger partial charge on any atom is 0.177 e. The van der Waals surface area contributed by atoms with Gasteiger partial charge in [-0.1, -0.05) is 23.6 Å². The van der Waals surface area contributed by atoms with Crippen LogP contribution in [0.3, 0.4) is 0 Å². The van der Waals surface area contributed by atoms with Crippen LogP contribution in [0.25, 0.3) is 11.1 Å². The van der Waals surface area contributed by atoms with Crippen molar-refractivity contribution in [2.45, 2.75) is 25.9 Å². The van der Waals surface area contributed by atoms with Crippen LogP contribution in [-0.2, 0) is 13.0 Å². The van der Waals surface area contributed by atoms with E-state index in [4.69, 9.17) is 29.5 Å². The summed E-state index contributed by atoms with van der Waals surface area (Å²) >= 11 is 7.79. The van der Waals surface area contributed by atoms with Crippen molar-refractivity contribution in [2.24, 2.45) is 5.73 Å².